The fraction of sp³-hybridized carbons (Fsp3) is 0.235. The van der Waals surface area contributed by atoms with Gasteiger partial charge in [-0.15, -0.1) is 0 Å². The monoisotopic (exact) mass is 344 g/mol. The maximum Gasteiger partial charge on any atom is 0.123 e. The molecule has 1 N–H and O–H groups in total. The van der Waals surface area contributed by atoms with E-state index in [4.69, 9.17) is 10.00 Å². The van der Waals surface area contributed by atoms with Gasteiger partial charge in [-0.25, -0.2) is 0 Å². The van der Waals surface area contributed by atoms with Crippen LogP contribution in [-0.4, -0.2) is 7.11 Å². The molecule has 0 unspecified atom stereocenters. The van der Waals surface area contributed by atoms with Crippen molar-refractivity contribution in [3.63, 3.8) is 0 Å². The lowest BCUT2D eigenvalue weighted by molar-refractivity contribution is 0.410. The summed E-state index contributed by atoms with van der Waals surface area (Å²) in [5, 5.41) is 12.5. The lowest BCUT2D eigenvalue weighted by atomic mass is 10.1. The Morgan fingerprint density at radius 3 is 2.43 bits per heavy atom. The molecular formula is C17H17BrN2O. The molecule has 3 nitrogen and oxygen atoms in total. The first-order chi connectivity index (χ1) is 10.0. The standard InChI is InChI=1S/C17H17BrN2O/c1-11-6-15(18)7-12(2)17(11)20-10-14-8-13(9-19)4-5-16(14)21-3/h4-8,20H,10H2,1-3H3. The second kappa shape index (κ2) is 6.64. The van der Waals surface area contributed by atoms with E-state index >= 15 is 0 Å². The number of methoxy groups -OCH3 is 1. The van der Waals surface area contributed by atoms with E-state index in [2.05, 4.69) is 53.3 Å². The second-order valence-corrected chi connectivity index (χ2v) is 5.82. The summed E-state index contributed by atoms with van der Waals surface area (Å²) in [5.74, 6) is 0.786. The van der Waals surface area contributed by atoms with Crippen LogP contribution in [0.1, 0.15) is 22.3 Å². The molecule has 0 saturated heterocycles. The molecule has 21 heavy (non-hydrogen) atoms. The summed E-state index contributed by atoms with van der Waals surface area (Å²) < 4.78 is 6.43. The number of benzene rings is 2. The summed E-state index contributed by atoms with van der Waals surface area (Å²) in [7, 11) is 1.64. The molecule has 2 rings (SSSR count). The van der Waals surface area contributed by atoms with Gasteiger partial charge in [0.15, 0.2) is 0 Å². The highest BCUT2D eigenvalue weighted by Crippen LogP contribution is 2.27. The smallest absolute Gasteiger partial charge is 0.123 e. The Bertz CT molecular complexity index is 681. The predicted octanol–water partition coefficient (Wildman–Crippen LogP) is 4.56. The molecule has 2 aromatic rings. The molecule has 0 aliphatic rings. The fourth-order valence-electron chi connectivity index (χ4n) is 2.36. The van der Waals surface area contributed by atoms with E-state index in [1.807, 2.05) is 12.1 Å². The SMILES string of the molecule is COc1ccc(C#N)cc1CNc1c(C)cc(Br)cc1C. The topological polar surface area (TPSA) is 45.0 Å². The minimum absolute atomic E-state index is 0.613. The normalized spacial score (nSPS) is 10.0. The maximum atomic E-state index is 9.01. The van der Waals surface area contributed by atoms with Crippen LogP contribution in [0.5, 0.6) is 5.75 Å². The zero-order chi connectivity index (χ0) is 15.4. The number of rotatable bonds is 4. The van der Waals surface area contributed by atoms with Crippen molar-refractivity contribution in [2.24, 2.45) is 0 Å². The first-order valence-electron chi connectivity index (χ1n) is 6.62. The highest BCUT2D eigenvalue weighted by atomic mass is 79.9. The molecule has 0 heterocycles. The Hall–Kier alpha value is -1.99. The van der Waals surface area contributed by atoms with Crippen LogP contribution in [0.15, 0.2) is 34.8 Å². The second-order valence-electron chi connectivity index (χ2n) is 4.91. The first-order valence-corrected chi connectivity index (χ1v) is 7.42. The quantitative estimate of drug-likeness (QED) is 0.884. The first kappa shape index (κ1) is 15.4. The van der Waals surface area contributed by atoms with Gasteiger partial charge < -0.3 is 10.1 Å². The van der Waals surface area contributed by atoms with Gasteiger partial charge in [-0.3, -0.25) is 0 Å². The predicted molar refractivity (Wildman–Crippen MR) is 88.7 cm³/mol. The molecule has 2 aromatic carbocycles. The van der Waals surface area contributed by atoms with Crippen molar-refractivity contribution in [3.05, 3.63) is 57.1 Å². The molecule has 0 bridgehead atoms. The van der Waals surface area contributed by atoms with Crippen LogP contribution in [0.4, 0.5) is 5.69 Å². The summed E-state index contributed by atoms with van der Waals surface area (Å²) in [6.45, 7) is 4.76. The van der Waals surface area contributed by atoms with Gasteiger partial charge >= 0.3 is 0 Å². The Labute approximate surface area is 133 Å². The van der Waals surface area contributed by atoms with Crippen LogP contribution in [0.2, 0.25) is 0 Å². The van der Waals surface area contributed by atoms with Gasteiger partial charge in [0.25, 0.3) is 0 Å². The van der Waals surface area contributed by atoms with E-state index in [0.29, 0.717) is 12.1 Å². The number of halogens is 1. The third-order valence-corrected chi connectivity index (χ3v) is 3.82. The van der Waals surface area contributed by atoms with Gasteiger partial charge in [0.1, 0.15) is 5.75 Å². The van der Waals surface area contributed by atoms with Gasteiger partial charge in [-0.05, 0) is 55.3 Å². The van der Waals surface area contributed by atoms with Crippen LogP contribution in [0.3, 0.4) is 0 Å². The third-order valence-electron chi connectivity index (χ3n) is 3.36. The van der Waals surface area contributed by atoms with Crippen molar-refractivity contribution in [2.45, 2.75) is 20.4 Å². The Balaban J connectivity index is 2.26. The van der Waals surface area contributed by atoms with Crippen molar-refractivity contribution in [1.29, 1.82) is 5.26 Å². The van der Waals surface area contributed by atoms with Crippen LogP contribution in [0.25, 0.3) is 0 Å². The van der Waals surface area contributed by atoms with E-state index < -0.39 is 0 Å². The number of aryl methyl sites for hydroxylation is 2. The van der Waals surface area contributed by atoms with E-state index in [0.717, 1.165) is 21.5 Å². The molecule has 0 radical (unpaired) electrons. The highest BCUT2D eigenvalue weighted by molar-refractivity contribution is 9.10. The average molecular weight is 345 g/mol. The molecule has 0 fully saturated rings. The molecule has 0 amide bonds. The number of nitrogens with zero attached hydrogens (tertiary/aromatic N) is 1. The summed E-state index contributed by atoms with van der Waals surface area (Å²) in [4.78, 5) is 0. The van der Waals surface area contributed by atoms with E-state index in [9.17, 15) is 0 Å². The summed E-state index contributed by atoms with van der Waals surface area (Å²) in [5.41, 5.74) is 5.08. The van der Waals surface area contributed by atoms with E-state index in [1.165, 1.54) is 11.1 Å². The van der Waals surface area contributed by atoms with Crippen LogP contribution in [-0.2, 0) is 6.54 Å². The van der Waals surface area contributed by atoms with Crippen LogP contribution >= 0.6 is 15.9 Å². The lowest BCUT2D eigenvalue weighted by Crippen LogP contribution is -2.05. The van der Waals surface area contributed by atoms with Crippen molar-refractivity contribution >= 4 is 21.6 Å². The van der Waals surface area contributed by atoms with Gasteiger partial charge in [-0.2, -0.15) is 5.26 Å². The summed E-state index contributed by atoms with van der Waals surface area (Å²) >= 11 is 3.50. The van der Waals surface area contributed by atoms with Crippen molar-refractivity contribution in [2.75, 3.05) is 12.4 Å². The maximum absolute atomic E-state index is 9.01. The number of ether oxygens (including phenoxy) is 1. The molecule has 0 aliphatic carbocycles. The molecular weight excluding hydrogens is 328 g/mol. The minimum Gasteiger partial charge on any atom is -0.496 e. The number of hydrogen-bond acceptors (Lipinski definition) is 3. The summed E-state index contributed by atoms with van der Waals surface area (Å²) in [6.07, 6.45) is 0. The van der Waals surface area contributed by atoms with Crippen molar-refractivity contribution < 1.29 is 4.74 Å². The van der Waals surface area contributed by atoms with Gasteiger partial charge in [0.05, 0.1) is 18.7 Å². The minimum atomic E-state index is 0.613. The van der Waals surface area contributed by atoms with Gasteiger partial charge in [-0.1, -0.05) is 15.9 Å². The number of nitrogens with one attached hydrogen (secondary N) is 1. The fourth-order valence-corrected chi connectivity index (χ4v) is 3.05. The van der Waals surface area contributed by atoms with Crippen molar-refractivity contribution in [1.82, 2.24) is 0 Å². The van der Waals surface area contributed by atoms with E-state index in [1.54, 1.807) is 13.2 Å². The highest BCUT2D eigenvalue weighted by Gasteiger charge is 2.08. The molecule has 0 spiro atoms. The Morgan fingerprint density at radius 1 is 1.19 bits per heavy atom. The van der Waals surface area contributed by atoms with Crippen LogP contribution < -0.4 is 10.1 Å². The van der Waals surface area contributed by atoms with E-state index in [-0.39, 0.29) is 0 Å². The molecule has 4 heteroatoms. The van der Waals surface area contributed by atoms with Gasteiger partial charge in [0, 0.05) is 22.3 Å². The summed E-state index contributed by atoms with van der Waals surface area (Å²) in [6, 6.07) is 11.8. The molecule has 0 saturated carbocycles. The number of anilines is 1. The zero-order valence-corrected chi connectivity index (χ0v) is 13.9. The molecule has 0 aliphatic heterocycles. The lowest BCUT2D eigenvalue weighted by Gasteiger charge is -2.15. The van der Waals surface area contributed by atoms with Crippen molar-refractivity contribution in [3.8, 4) is 11.8 Å². The third kappa shape index (κ3) is 3.56. The number of hydrogen-bond donors (Lipinski definition) is 1. The molecule has 0 aromatic heterocycles. The average Bonchev–Trinajstić information content (AvgIpc) is 2.45. The molecule has 108 valence electrons. The van der Waals surface area contributed by atoms with Crippen LogP contribution in [0, 0.1) is 25.2 Å². The Morgan fingerprint density at radius 2 is 1.86 bits per heavy atom. The molecule has 0 atom stereocenters. The largest absolute Gasteiger partial charge is 0.496 e. The zero-order valence-electron chi connectivity index (χ0n) is 12.3. The van der Waals surface area contributed by atoms with Gasteiger partial charge in [0.2, 0.25) is 0 Å². The Kier molecular flexibility index (Phi) is 4.87. The number of nitriles is 1.